The van der Waals surface area contributed by atoms with Gasteiger partial charge in [0.25, 0.3) is 0 Å². The number of benzene rings is 1. The van der Waals surface area contributed by atoms with Gasteiger partial charge in [0.15, 0.2) is 11.9 Å². The maximum absolute atomic E-state index is 12.7. The predicted molar refractivity (Wildman–Crippen MR) is 102 cm³/mol. The molecule has 2 heterocycles. The lowest BCUT2D eigenvalue weighted by molar-refractivity contribution is -0.145. The van der Waals surface area contributed by atoms with E-state index in [1.807, 2.05) is 24.3 Å². The number of carbonyl (C=O) groups is 3. The molecule has 2 N–H and O–H groups in total. The third-order valence-corrected chi connectivity index (χ3v) is 4.72. The lowest BCUT2D eigenvalue weighted by Crippen LogP contribution is -2.26. The summed E-state index contributed by atoms with van der Waals surface area (Å²) < 4.78 is 5.35. The highest BCUT2D eigenvalue weighted by molar-refractivity contribution is 6.05. The number of aromatic nitrogens is 2. The van der Waals surface area contributed by atoms with E-state index in [1.54, 1.807) is 27.0 Å². The number of fused-ring (bicyclic) bond motifs is 1. The minimum Gasteiger partial charge on any atom is -0.454 e. The van der Waals surface area contributed by atoms with Crippen LogP contribution in [0.2, 0.25) is 0 Å². The fraction of sp³-hybridized carbons (Fsp3) is 0.286. The average molecular weight is 366 g/mol. The van der Waals surface area contributed by atoms with Crippen molar-refractivity contribution < 1.29 is 19.1 Å². The molecule has 1 aromatic carbocycles. The van der Waals surface area contributed by atoms with Crippen LogP contribution in [0, 0.1) is 13.8 Å². The Morgan fingerprint density at radius 1 is 1.15 bits per heavy atom. The van der Waals surface area contributed by atoms with Gasteiger partial charge in [0.05, 0.1) is 12.1 Å². The lowest BCUT2D eigenvalue weighted by Gasteiger charge is -2.12. The second kappa shape index (κ2) is 7.23. The maximum Gasteiger partial charge on any atom is 0.311 e. The number of hydrogen-bond acceptors (Lipinski definition) is 4. The molecule has 2 aromatic heterocycles. The van der Waals surface area contributed by atoms with Crippen LogP contribution >= 0.6 is 0 Å². The van der Waals surface area contributed by atoms with Crippen LogP contribution in [-0.4, -0.2) is 33.6 Å². The molecule has 0 amide bonds. The third-order valence-electron chi connectivity index (χ3n) is 4.72. The van der Waals surface area contributed by atoms with Crippen molar-refractivity contribution in [2.24, 2.45) is 0 Å². The van der Waals surface area contributed by atoms with Gasteiger partial charge in [0.1, 0.15) is 0 Å². The molecule has 3 rings (SSSR count). The minimum atomic E-state index is -0.945. The molecule has 0 aliphatic rings. The number of nitrogens with one attached hydrogen (secondary N) is 2. The highest BCUT2D eigenvalue weighted by atomic mass is 16.5. The van der Waals surface area contributed by atoms with Gasteiger partial charge in [-0.25, -0.2) is 0 Å². The monoisotopic (exact) mass is 366 g/mol. The maximum atomic E-state index is 12.7. The van der Waals surface area contributed by atoms with Crippen molar-refractivity contribution in [1.82, 2.24) is 9.97 Å². The molecule has 6 heteroatoms. The Hall–Kier alpha value is -3.15. The zero-order chi connectivity index (χ0) is 19.7. The van der Waals surface area contributed by atoms with Crippen LogP contribution in [0.15, 0.2) is 30.5 Å². The van der Waals surface area contributed by atoms with Gasteiger partial charge in [-0.1, -0.05) is 18.2 Å². The molecule has 27 heavy (non-hydrogen) atoms. The molecule has 6 nitrogen and oxygen atoms in total. The molecule has 1 atom stereocenters. The van der Waals surface area contributed by atoms with E-state index in [9.17, 15) is 14.4 Å². The lowest BCUT2D eigenvalue weighted by atomic mass is 10.0. The summed E-state index contributed by atoms with van der Waals surface area (Å²) in [5.74, 6) is -0.937. The Labute approximate surface area is 156 Å². The Morgan fingerprint density at radius 2 is 1.85 bits per heavy atom. The summed E-state index contributed by atoms with van der Waals surface area (Å²) in [6, 6.07) is 7.68. The molecule has 140 valence electrons. The molecule has 0 aliphatic carbocycles. The molecule has 0 saturated heterocycles. The normalized spacial score (nSPS) is 12.1. The first kappa shape index (κ1) is 18.6. The Kier molecular flexibility index (Phi) is 4.99. The van der Waals surface area contributed by atoms with E-state index in [0.29, 0.717) is 22.5 Å². The number of ketones is 2. The van der Waals surface area contributed by atoms with Gasteiger partial charge in [-0.3, -0.25) is 14.4 Å². The molecule has 0 radical (unpaired) electrons. The largest absolute Gasteiger partial charge is 0.454 e. The summed E-state index contributed by atoms with van der Waals surface area (Å²) in [6.45, 7) is 6.46. The standard InChI is InChI=1S/C21H22N2O4/c1-11-19(13(3)24)12(2)23-20(11)21(26)14(4)27-18(25)9-15-10-22-17-8-6-5-7-16(15)17/h5-8,10,14,22-23H,9H2,1-4H3/t14-/m1/s1. The van der Waals surface area contributed by atoms with Crippen LogP contribution < -0.4 is 0 Å². The van der Waals surface area contributed by atoms with Crippen LogP contribution in [0.4, 0.5) is 0 Å². The van der Waals surface area contributed by atoms with Gasteiger partial charge in [-0.2, -0.15) is 0 Å². The minimum absolute atomic E-state index is 0.0725. The van der Waals surface area contributed by atoms with Crippen molar-refractivity contribution in [1.29, 1.82) is 0 Å². The Balaban J connectivity index is 1.72. The van der Waals surface area contributed by atoms with Gasteiger partial charge in [-0.15, -0.1) is 0 Å². The summed E-state index contributed by atoms with van der Waals surface area (Å²) in [6.07, 6.45) is 0.901. The highest BCUT2D eigenvalue weighted by Crippen LogP contribution is 2.21. The van der Waals surface area contributed by atoms with Crippen LogP contribution in [0.3, 0.4) is 0 Å². The molecule has 0 fully saturated rings. The molecule has 0 bridgehead atoms. The van der Waals surface area contributed by atoms with Crippen LogP contribution in [0.25, 0.3) is 10.9 Å². The number of ether oxygens (including phenoxy) is 1. The van der Waals surface area contributed by atoms with Crippen molar-refractivity contribution in [2.45, 2.75) is 40.2 Å². The topological polar surface area (TPSA) is 92.0 Å². The molecule has 0 saturated carbocycles. The smallest absolute Gasteiger partial charge is 0.311 e. The van der Waals surface area contributed by atoms with E-state index < -0.39 is 12.1 Å². The van der Waals surface area contributed by atoms with Crippen molar-refractivity contribution >= 4 is 28.4 Å². The van der Waals surface area contributed by atoms with Crippen molar-refractivity contribution in [3.05, 3.63) is 58.5 Å². The van der Waals surface area contributed by atoms with Crippen molar-refractivity contribution in [3.8, 4) is 0 Å². The van der Waals surface area contributed by atoms with E-state index in [-0.39, 0.29) is 18.0 Å². The zero-order valence-electron chi connectivity index (χ0n) is 15.8. The summed E-state index contributed by atoms with van der Waals surface area (Å²) in [5, 5.41) is 0.954. The molecule has 3 aromatic rings. The number of rotatable bonds is 6. The first-order chi connectivity index (χ1) is 12.8. The van der Waals surface area contributed by atoms with E-state index in [1.165, 1.54) is 6.92 Å². The Morgan fingerprint density at radius 3 is 2.52 bits per heavy atom. The second-order valence-electron chi connectivity index (χ2n) is 6.71. The number of hydrogen-bond donors (Lipinski definition) is 2. The Bertz CT molecular complexity index is 1040. The number of H-pyrrole nitrogens is 2. The highest BCUT2D eigenvalue weighted by Gasteiger charge is 2.26. The van der Waals surface area contributed by atoms with E-state index in [0.717, 1.165) is 16.5 Å². The molecular weight excluding hydrogens is 344 g/mol. The molecule has 0 unspecified atom stereocenters. The summed E-state index contributed by atoms with van der Waals surface area (Å²) in [5.41, 5.74) is 3.81. The van der Waals surface area contributed by atoms with Gasteiger partial charge in [0, 0.05) is 28.4 Å². The number of Topliss-reactive ketones (excluding diaryl/α,β-unsaturated/α-hetero) is 2. The molecular formula is C21H22N2O4. The quantitative estimate of drug-likeness (QED) is 0.514. The first-order valence-electron chi connectivity index (χ1n) is 8.78. The van der Waals surface area contributed by atoms with Crippen molar-refractivity contribution in [2.75, 3.05) is 0 Å². The van der Waals surface area contributed by atoms with Gasteiger partial charge < -0.3 is 14.7 Å². The number of para-hydroxylation sites is 1. The summed E-state index contributed by atoms with van der Waals surface area (Å²) in [7, 11) is 0. The van der Waals surface area contributed by atoms with E-state index in [2.05, 4.69) is 9.97 Å². The zero-order valence-corrected chi connectivity index (χ0v) is 15.8. The van der Waals surface area contributed by atoms with E-state index >= 15 is 0 Å². The number of esters is 1. The van der Waals surface area contributed by atoms with Gasteiger partial charge >= 0.3 is 5.97 Å². The molecule has 0 spiro atoms. The van der Waals surface area contributed by atoms with Gasteiger partial charge in [0.2, 0.25) is 5.78 Å². The number of carbonyl (C=O) groups excluding carboxylic acids is 3. The van der Waals surface area contributed by atoms with Gasteiger partial charge in [-0.05, 0) is 44.9 Å². The number of aromatic amines is 2. The summed E-state index contributed by atoms with van der Waals surface area (Å²) in [4.78, 5) is 42.8. The van der Waals surface area contributed by atoms with Crippen molar-refractivity contribution in [3.63, 3.8) is 0 Å². The predicted octanol–water partition coefficient (Wildman–Crippen LogP) is 3.67. The average Bonchev–Trinajstić information content (AvgIpc) is 3.14. The SMILES string of the molecule is CC(=O)c1c(C)[nH]c(C(=O)[C@@H](C)OC(=O)Cc2c[nH]c3ccccc23)c1C. The van der Waals surface area contributed by atoms with Crippen LogP contribution in [0.1, 0.15) is 51.5 Å². The first-order valence-corrected chi connectivity index (χ1v) is 8.78. The van der Waals surface area contributed by atoms with Crippen LogP contribution in [0.5, 0.6) is 0 Å². The second-order valence-corrected chi connectivity index (χ2v) is 6.71. The van der Waals surface area contributed by atoms with E-state index in [4.69, 9.17) is 4.74 Å². The fourth-order valence-electron chi connectivity index (χ4n) is 3.45. The fourth-order valence-corrected chi connectivity index (χ4v) is 3.45. The number of aryl methyl sites for hydroxylation is 1. The third kappa shape index (κ3) is 3.56. The summed E-state index contributed by atoms with van der Waals surface area (Å²) >= 11 is 0. The van der Waals surface area contributed by atoms with Crippen LogP contribution in [-0.2, 0) is 16.0 Å². The molecule has 0 aliphatic heterocycles.